The van der Waals surface area contributed by atoms with E-state index in [0.29, 0.717) is 0 Å². The van der Waals surface area contributed by atoms with Crippen LogP contribution in [0.2, 0.25) is 0 Å². The molecule has 14 rings (SSSR count). The van der Waals surface area contributed by atoms with Crippen molar-refractivity contribution in [2.75, 3.05) is 4.90 Å². The van der Waals surface area contributed by atoms with Crippen LogP contribution in [0.1, 0.15) is 25.0 Å². The number of rotatable bonds is 8. The fraction of sp³-hybridized carbons (Fsp3) is 0.0435. The Morgan fingerprint density at radius 2 is 0.861 bits per heavy atom. The molecule has 0 atom stereocenters. The predicted octanol–water partition coefficient (Wildman–Crippen LogP) is 18.7. The van der Waals surface area contributed by atoms with Gasteiger partial charge in [-0.05, 0) is 123 Å². The van der Waals surface area contributed by atoms with Gasteiger partial charge in [-0.1, -0.05) is 202 Å². The highest BCUT2D eigenvalue weighted by Crippen LogP contribution is 2.52. The van der Waals surface area contributed by atoms with Crippen LogP contribution in [0.5, 0.6) is 0 Å². The smallest absolute Gasteiger partial charge is 0.0620 e. The van der Waals surface area contributed by atoms with Gasteiger partial charge in [0.15, 0.2) is 0 Å². The maximum absolute atomic E-state index is 2.49. The highest BCUT2D eigenvalue weighted by atomic mass is 15.1. The third-order valence-electron chi connectivity index (χ3n) is 15.3. The summed E-state index contributed by atoms with van der Waals surface area (Å²) in [6.07, 6.45) is 0. The fourth-order valence-electron chi connectivity index (χ4n) is 12.0. The van der Waals surface area contributed by atoms with Gasteiger partial charge in [0.25, 0.3) is 0 Å². The molecule has 0 unspecified atom stereocenters. The van der Waals surface area contributed by atoms with E-state index in [1.807, 2.05) is 0 Å². The predicted molar refractivity (Wildman–Crippen MR) is 304 cm³/mol. The van der Waals surface area contributed by atoms with Crippen LogP contribution in [-0.4, -0.2) is 9.13 Å². The zero-order valence-corrected chi connectivity index (χ0v) is 40.2. The van der Waals surface area contributed by atoms with E-state index in [9.17, 15) is 0 Å². The Morgan fingerprint density at radius 1 is 0.319 bits per heavy atom. The molecular weight excluding hydrogens is 871 g/mol. The molecule has 0 N–H and O–H groups in total. The maximum Gasteiger partial charge on any atom is 0.0620 e. The van der Waals surface area contributed by atoms with Crippen molar-refractivity contribution in [2.45, 2.75) is 19.3 Å². The van der Waals surface area contributed by atoms with Crippen LogP contribution in [0.15, 0.2) is 261 Å². The fourth-order valence-corrected chi connectivity index (χ4v) is 12.0. The van der Waals surface area contributed by atoms with E-state index in [4.69, 9.17) is 0 Å². The number of hydrogen-bond acceptors (Lipinski definition) is 1. The zero-order chi connectivity index (χ0) is 47.9. The summed E-state index contributed by atoms with van der Waals surface area (Å²) in [6.45, 7) is 4.73. The summed E-state index contributed by atoms with van der Waals surface area (Å²) in [4.78, 5) is 2.45. The lowest BCUT2D eigenvalue weighted by Gasteiger charge is -2.28. The topological polar surface area (TPSA) is 13.1 Å². The number of para-hydroxylation sites is 3. The number of anilines is 3. The molecule has 0 spiro atoms. The lowest BCUT2D eigenvalue weighted by Crippen LogP contribution is -2.16. The largest absolute Gasteiger partial charge is 0.310 e. The molecule has 3 heteroatoms. The van der Waals surface area contributed by atoms with Crippen molar-refractivity contribution in [1.82, 2.24) is 9.13 Å². The van der Waals surface area contributed by atoms with Crippen molar-refractivity contribution in [1.29, 1.82) is 0 Å². The van der Waals surface area contributed by atoms with E-state index in [1.54, 1.807) is 0 Å². The first-order chi connectivity index (χ1) is 35.5. The molecule has 3 nitrogen and oxygen atoms in total. The molecule has 0 saturated heterocycles. The molecule has 0 aliphatic heterocycles. The average Bonchev–Trinajstić information content (AvgIpc) is 4.05. The molecule has 0 amide bonds. The van der Waals surface area contributed by atoms with Gasteiger partial charge in [0.2, 0.25) is 0 Å². The standard InChI is InChI=1S/C69H49N3/c1-69(2)62-32-17-15-28-56(62)57-40-38-53(45-63(57)69)70(52-39-43-65-61(44-52)58-29-16-18-33-64(58)71(65)49-24-11-5-12-25-49)51-36-34-46(35-37-51)54-30-19-31-59-55(54)41-42-60-66(47-20-7-3-8-21-47)67(48-22-9-4-10-23-48)72(68(59)60)50-26-13-6-14-27-50/h3-45H,1-2H3. The Morgan fingerprint density at radius 3 is 1.61 bits per heavy atom. The van der Waals surface area contributed by atoms with Crippen molar-refractivity contribution in [3.8, 4) is 56.0 Å². The number of hydrogen-bond donors (Lipinski definition) is 0. The van der Waals surface area contributed by atoms with Crippen LogP contribution in [0.4, 0.5) is 17.1 Å². The van der Waals surface area contributed by atoms with Crippen LogP contribution in [-0.2, 0) is 5.41 Å². The van der Waals surface area contributed by atoms with Crippen LogP contribution in [0.25, 0.3) is 99.5 Å². The molecule has 0 fully saturated rings. The SMILES string of the molecule is CC1(C)c2ccccc2-c2ccc(N(c3ccc(-c4cccc5c4ccc4c(-c6ccccc6)c(-c6ccccc6)n(-c6ccccc6)c45)cc3)c3ccc4c(c3)c3ccccc3n4-c3ccccc3)cc21. The average molecular weight is 920 g/mol. The van der Waals surface area contributed by atoms with Gasteiger partial charge in [-0.15, -0.1) is 0 Å². The first-order valence-electron chi connectivity index (χ1n) is 25.0. The molecule has 2 aromatic heterocycles. The van der Waals surface area contributed by atoms with Gasteiger partial charge in [0.05, 0.1) is 22.2 Å². The Balaban J connectivity index is 0.952. The summed E-state index contributed by atoms with van der Waals surface area (Å²) in [6, 6.07) is 95.8. The van der Waals surface area contributed by atoms with Crippen LogP contribution in [0, 0.1) is 0 Å². The maximum atomic E-state index is 2.49. The van der Waals surface area contributed by atoms with Crippen LogP contribution < -0.4 is 4.90 Å². The van der Waals surface area contributed by atoms with E-state index in [0.717, 1.165) is 28.4 Å². The van der Waals surface area contributed by atoms with Gasteiger partial charge in [-0.25, -0.2) is 0 Å². The molecule has 1 aliphatic carbocycles. The first kappa shape index (κ1) is 41.8. The number of fused-ring (bicyclic) bond motifs is 9. The first-order valence-corrected chi connectivity index (χ1v) is 25.0. The van der Waals surface area contributed by atoms with Gasteiger partial charge in [0.1, 0.15) is 0 Å². The van der Waals surface area contributed by atoms with E-state index in [-0.39, 0.29) is 5.41 Å². The van der Waals surface area contributed by atoms with Gasteiger partial charge < -0.3 is 14.0 Å². The zero-order valence-electron chi connectivity index (χ0n) is 40.2. The summed E-state index contributed by atoms with van der Waals surface area (Å²) >= 11 is 0. The minimum atomic E-state index is -0.144. The Labute approximate surface area is 419 Å². The molecule has 1 aliphatic rings. The second-order valence-corrected chi connectivity index (χ2v) is 19.7. The Bertz CT molecular complexity index is 4200. The summed E-state index contributed by atoms with van der Waals surface area (Å²) in [7, 11) is 0. The van der Waals surface area contributed by atoms with Gasteiger partial charge in [-0.2, -0.15) is 0 Å². The summed E-state index contributed by atoms with van der Waals surface area (Å²) in [5.41, 5.74) is 21.6. The molecule has 0 radical (unpaired) electrons. The molecular formula is C69H49N3. The van der Waals surface area contributed by atoms with E-state index in [1.165, 1.54) is 99.2 Å². The Kier molecular flexibility index (Phi) is 9.56. The van der Waals surface area contributed by atoms with Crippen molar-refractivity contribution in [3.63, 3.8) is 0 Å². The monoisotopic (exact) mass is 919 g/mol. The Hall–Kier alpha value is -9.18. The third-order valence-corrected chi connectivity index (χ3v) is 15.3. The number of aromatic nitrogens is 2. The second-order valence-electron chi connectivity index (χ2n) is 19.7. The van der Waals surface area contributed by atoms with E-state index < -0.39 is 0 Å². The van der Waals surface area contributed by atoms with Crippen molar-refractivity contribution < 1.29 is 0 Å². The van der Waals surface area contributed by atoms with Crippen molar-refractivity contribution in [3.05, 3.63) is 272 Å². The van der Waals surface area contributed by atoms with E-state index in [2.05, 4.69) is 289 Å². The van der Waals surface area contributed by atoms with Gasteiger partial charge in [-0.3, -0.25) is 0 Å². The number of nitrogens with zero attached hydrogens (tertiary/aromatic N) is 3. The summed E-state index contributed by atoms with van der Waals surface area (Å²) < 4.78 is 4.88. The lowest BCUT2D eigenvalue weighted by atomic mass is 9.82. The van der Waals surface area contributed by atoms with Gasteiger partial charge >= 0.3 is 0 Å². The van der Waals surface area contributed by atoms with Crippen LogP contribution >= 0.6 is 0 Å². The molecule has 72 heavy (non-hydrogen) atoms. The van der Waals surface area contributed by atoms with Gasteiger partial charge in [0, 0.05) is 61.0 Å². The van der Waals surface area contributed by atoms with Crippen molar-refractivity contribution in [2.24, 2.45) is 0 Å². The minimum Gasteiger partial charge on any atom is -0.310 e. The van der Waals surface area contributed by atoms with E-state index >= 15 is 0 Å². The molecule has 340 valence electrons. The molecule has 13 aromatic rings. The quantitative estimate of drug-likeness (QED) is 0.148. The summed E-state index contributed by atoms with van der Waals surface area (Å²) in [5, 5.41) is 6.10. The second kappa shape index (κ2) is 16.5. The molecule has 0 bridgehead atoms. The third kappa shape index (κ3) is 6.44. The molecule has 11 aromatic carbocycles. The number of benzene rings is 11. The molecule has 2 heterocycles. The highest BCUT2D eigenvalue weighted by Gasteiger charge is 2.36. The van der Waals surface area contributed by atoms with Crippen molar-refractivity contribution >= 4 is 60.5 Å². The van der Waals surface area contributed by atoms with Crippen LogP contribution in [0.3, 0.4) is 0 Å². The molecule has 0 saturated carbocycles. The highest BCUT2D eigenvalue weighted by molar-refractivity contribution is 6.18. The lowest BCUT2D eigenvalue weighted by molar-refractivity contribution is 0.660. The normalized spacial score (nSPS) is 12.7. The summed E-state index contributed by atoms with van der Waals surface area (Å²) in [5.74, 6) is 0. The minimum absolute atomic E-state index is 0.144.